The Labute approximate surface area is 218 Å². The van der Waals surface area contributed by atoms with Crippen molar-refractivity contribution in [1.29, 1.82) is 0 Å². The zero-order chi connectivity index (χ0) is 25.1. The smallest absolute Gasteiger partial charge is 0.0725 e. The molecule has 3 nitrogen and oxygen atoms in total. The van der Waals surface area contributed by atoms with Gasteiger partial charge in [-0.2, -0.15) is 0 Å². The molecular weight excluding hydrogens is 426 g/mol. The van der Waals surface area contributed by atoms with Crippen molar-refractivity contribution in [3.05, 3.63) is 11.9 Å². The molecule has 1 aromatic rings. The maximum absolute atomic E-state index is 4.73. The Balaban J connectivity index is 1.67. The second kappa shape index (κ2) is 14.8. The van der Waals surface area contributed by atoms with E-state index in [0.29, 0.717) is 17.4 Å². The summed E-state index contributed by atoms with van der Waals surface area (Å²) in [7, 11) is 0. The predicted octanol–water partition coefficient (Wildman–Crippen LogP) is 9.96. The highest BCUT2D eigenvalue weighted by Gasteiger charge is 2.42. The summed E-state index contributed by atoms with van der Waals surface area (Å²) in [6.07, 6.45) is 28.2. The Morgan fingerprint density at radius 2 is 1.49 bits per heavy atom. The van der Waals surface area contributed by atoms with Crippen molar-refractivity contribution in [1.82, 2.24) is 15.0 Å². The first kappa shape index (κ1) is 28.7. The maximum atomic E-state index is 4.73. The first-order chi connectivity index (χ1) is 17.1. The Morgan fingerprint density at radius 1 is 0.857 bits per heavy atom. The summed E-state index contributed by atoms with van der Waals surface area (Å²) in [5.74, 6) is 3.48. The summed E-state index contributed by atoms with van der Waals surface area (Å²) >= 11 is 0. The van der Waals surface area contributed by atoms with Crippen LogP contribution >= 0.6 is 0 Å². The van der Waals surface area contributed by atoms with Crippen LogP contribution in [0.3, 0.4) is 0 Å². The van der Waals surface area contributed by atoms with Crippen molar-refractivity contribution in [3.63, 3.8) is 0 Å². The van der Waals surface area contributed by atoms with E-state index in [1.165, 1.54) is 121 Å². The molecule has 0 spiro atoms. The third-order valence-corrected chi connectivity index (χ3v) is 10.6. The van der Waals surface area contributed by atoms with Gasteiger partial charge < -0.3 is 0 Å². The van der Waals surface area contributed by atoms with Crippen LogP contribution in [-0.4, -0.2) is 15.0 Å². The molecule has 2 saturated carbocycles. The number of aromatic nitrogens is 3. The lowest BCUT2D eigenvalue weighted by Gasteiger charge is -2.44. The molecule has 0 bridgehead atoms. The highest BCUT2D eigenvalue weighted by atomic mass is 15.4. The van der Waals surface area contributed by atoms with Crippen LogP contribution in [-0.2, 0) is 6.42 Å². The highest BCUT2D eigenvalue weighted by Crippen LogP contribution is 2.51. The van der Waals surface area contributed by atoms with Crippen LogP contribution in [0.15, 0.2) is 6.20 Å². The maximum Gasteiger partial charge on any atom is 0.0725 e. The fourth-order valence-corrected chi connectivity index (χ4v) is 8.41. The zero-order valence-electron chi connectivity index (χ0n) is 24.2. The van der Waals surface area contributed by atoms with E-state index < -0.39 is 0 Å². The van der Waals surface area contributed by atoms with Gasteiger partial charge in [-0.3, -0.25) is 0 Å². The summed E-state index contributed by atoms with van der Waals surface area (Å²) in [5.41, 5.74) is 1.91. The van der Waals surface area contributed by atoms with Crippen molar-refractivity contribution < 1.29 is 0 Å². The summed E-state index contributed by atoms with van der Waals surface area (Å²) in [6.45, 7) is 12.3. The van der Waals surface area contributed by atoms with E-state index in [1.54, 1.807) is 0 Å². The van der Waals surface area contributed by atoms with Crippen LogP contribution in [0.5, 0.6) is 0 Å². The monoisotopic (exact) mass is 485 g/mol. The van der Waals surface area contributed by atoms with E-state index in [-0.39, 0.29) is 0 Å². The predicted molar refractivity (Wildman–Crippen MR) is 151 cm³/mol. The minimum absolute atomic E-state index is 0.499. The van der Waals surface area contributed by atoms with Crippen LogP contribution in [0.2, 0.25) is 0 Å². The SMILES string of the molecule is CCCC(C)C1CCCCCC(n2nncc2CC(C)C(CC)(CCC)C2CCCC2)CCCC1. The van der Waals surface area contributed by atoms with E-state index in [1.807, 2.05) is 0 Å². The van der Waals surface area contributed by atoms with Gasteiger partial charge in [-0.15, -0.1) is 5.10 Å². The quantitative estimate of drug-likeness (QED) is 0.312. The van der Waals surface area contributed by atoms with Crippen molar-refractivity contribution in [2.75, 3.05) is 0 Å². The van der Waals surface area contributed by atoms with E-state index >= 15 is 0 Å². The number of rotatable bonds is 11. The first-order valence-corrected chi connectivity index (χ1v) is 15.9. The molecule has 5 unspecified atom stereocenters. The summed E-state index contributed by atoms with van der Waals surface area (Å²) in [4.78, 5) is 0. The van der Waals surface area contributed by atoms with Crippen molar-refractivity contribution in [3.8, 4) is 0 Å². The van der Waals surface area contributed by atoms with E-state index in [9.17, 15) is 0 Å². The summed E-state index contributed by atoms with van der Waals surface area (Å²) in [6, 6.07) is 0.554. The first-order valence-electron chi connectivity index (χ1n) is 15.9. The molecule has 2 aliphatic carbocycles. The Morgan fingerprint density at radius 3 is 2.14 bits per heavy atom. The molecule has 35 heavy (non-hydrogen) atoms. The third-order valence-electron chi connectivity index (χ3n) is 10.6. The molecular formula is C32H59N3. The summed E-state index contributed by atoms with van der Waals surface area (Å²) in [5, 5.41) is 9.21. The van der Waals surface area contributed by atoms with Crippen molar-refractivity contribution in [2.24, 2.45) is 29.1 Å². The van der Waals surface area contributed by atoms with Crippen LogP contribution in [0.25, 0.3) is 0 Å². The fraction of sp³-hybridized carbons (Fsp3) is 0.938. The largest absolute Gasteiger partial charge is 0.246 e. The molecule has 3 heteroatoms. The van der Waals surface area contributed by atoms with Gasteiger partial charge in [0.05, 0.1) is 17.9 Å². The molecule has 5 atom stereocenters. The lowest BCUT2D eigenvalue weighted by molar-refractivity contribution is 0.0611. The molecule has 0 radical (unpaired) electrons. The molecule has 0 N–H and O–H groups in total. The molecule has 1 heterocycles. The fourth-order valence-electron chi connectivity index (χ4n) is 8.41. The van der Waals surface area contributed by atoms with Gasteiger partial charge in [-0.1, -0.05) is 117 Å². The van der Waals surface area contributed by atoms with Gasteiger partial charge in [0.25, 0.3) is 0 Å². The molecule has 0 aliphatic heterocycles. The van der Waals surface area contributed by atoms with Gasteiger partial charge in [0, 0.05) is 0 Å². The molecule has 1 aromatic heterocycles. The van der Waals surface area contributed by atoms with Crippen LogP contribution in [0.4, 0.5) is 0 Å². The molecule has 2 aliphatic rings. The third kappa shape index (κ3) is 7.57. The highest BCUT2D eigenvalue weighted by molar-refractivity contribution is 5.02. The van der Waals surface area contributed by atoms with Gasteiger partial charge in [0.15, 0.2) is 0 Å². The zero-order valence-corrected chi connectivity index (χ0v) is 24.2. The average molecular weight is 486 g/mol. The Bertz CT molecular complexity index is 691. The van der Waals surface area contributed by atoms with Gasteiger partial charge in [-0.25, -0.2) is 4.68 Å². The van der Waals surface area contributed by atoms with Gasteiger partial charge in [0.2, 0.25) is 0 Å². The molecule has 0 saturated heterocycles. The molecule has 0 amide bonds. The molecule has 2 fully saturated rings. The molecule has 202 valence electrons. The van der Waals surface area contributed by atoms with E-state index in [2.05, 4.69) is 50.6 Å². The topological polar surface area (TPSA) is 30.7 Å². The second-order valence-electron chi connectivity index (χ2n) is 12.7. The van der Waals surface area contributed by atoms with E-state index in [4.69, 9.17) is 5.21 Å². The Hall–Kier alpha value is -0.860. The molecule has 3 rings (SSSR count). The lowest BCUT2D eigenvalue weighted by atomic mass is 9.61. The Kier molecular flexibility index (Phi) is 12.1. The number of nitrogens with zero attached hydrogens (tertiary/aromatic N) is 3. The van der Waals surface area contributed by atoms with Gasteiger partial charge >= 0.3 is 0 Å². The van der Waals surface area contributed by atoms with Crippen molar-refractivity contribution in [2.45, 2.75) is 163 Å². The van der Waals surface area contributed by atoms with Gasteiger partial charge in [0.1, 0.15) is 0 Å². The minimum Gasteiger partial charge on any atom is -0.246 e. The van der Waals surface area contributed by atoms with Gasteiger partial charge in [-0.05, 0) is 74.0 Å². The lowest BCUT2D eigenvalue weighted by Crippen LogP contribution is -2.37. The standard InChI is InChI=1S/C32H59N3/c1-6-16-26(4)28-17-10-9-11-21-30(22-15-12-18-28)35-31(25-33-34-35)24-27(5)32(8-3,23-7-2)29-19-13-14-20-29/h25-30H,6-24H2,1-5H3. The normalized spacial score (nSPS) is 26.7. The second-order valence-corrected chi connectivity index (χ2v) is 12.7. The average Bonchev–Trinajstić information content (AvgIpc) is 3.54. The minimum atomic E-state index is 0.499. The van der Waals surface area contributed by atoms with Crippen LogP contribution in [0, 0.1) is 29.1 Å². The number of hydrogen-bond acceptors (Lipinski definition) is 2. The molecule has 0 aromatic carbocycles. The van der Waals surface area contributed by atoms with Crippen LogP contribution < -0.4 is 0 Å². The summed E-state index contributed by atoms with van der Waals surface area (Å²) < 4.78 is 2.40. The van der Waals surface area contributed by atoms with Crippen LogP contribution in [0.1, 0.15) is 162 Å². The van der Waals surface area contributed by atoms with E-state index in [0.717, 1.165) is 24.2 Å². The van der Waals surface area contributed by atoms with Crippen molar-refractivity contribution >= 4 is 0 Å². The number of hydrogen-bond donors (Lipinski definition) is 0.